The molecule has 1 aliphatic heterocycles. The lowest BCUT2D eigenvalue weighted by Crippen LogP contribution is -2.52. The fourth-order valence-electron chi connectivity index (χ4n) is 2.82. The van der Waals surface area contributed by atoms with Crippen LogP contribution in [0.3, 0.4) is 0 Å². The molecule has 2 amide bonds. The number of amides is 2. The van der Waals surface area contributed by atoms with Crippen molar-refractivity contribution in [3.8, 4) is 0 Å². The van der Waals surface area contributed by atoms with E-state index in [1.54, 1.807) is 4.90 Å². The van der Waals surface area contributed by atoms with Gasteiger partial charge in [-0.1, -0.05) is 44.2 Å². The average Bonchev–Trinajstić information content (AvgIpc) is 2.61. The van der Waals surface area contributed by atoms with Crippen molar-refractivity contribution in [2.24, 2.45) is 5.92 Å². The van der Waals surface area contributed by atoms with Crippen LogP contribution in [-0.4, -0.2) is 48.0 Å². The fourth-order valence-corrected chi connectivity index (χ4v) is 2.82. The van der Waals surface area contributed by atoms with E-state index >= 15 is 0 Å². The standard InChI is InChI=1S/C18H26N2O3/c1-3-16(4-2)17(21)19-10-12-20(13-11-19)18(22)23-14-15-8-6-5-7-9-15/h5-9,16H,3-4,10-14H2,1-2H3. The van der Waals surface area contributed by atoms with Crippen LogP contribution in [-0.2, 0) is 16.1 Å². The molecule has 0 atom stereocenters. The first-order valence-electron chi connectivity index (χ1n) is 8.40. The first kappa shape index (κ1) is 17.3. The highest BCUT2D eigenvalue weighted by atomic mass is 16.6. The SMILES string of the molecule is CCC(CC)C(=O)N1CCN(C(=O)OCc2ccccc2)CC1. The van der Waals surface area contributed by atoms with Gasteiger partial charge >= 0.3 is 6.09 Å². The second kappa shape index (κ2) is 8.56. The number of hydrogen-bond donors (Lipinski definition) is 0. The molecule has 1 aliphatic rings. The molecule has 1 saturated heterocycles. The molecule has 1 aromatic rings. The van der Waals surface area contributed by atoms with Crippen LogP contribution in [0, 0.1) is 5.92 Å². The van der Waals surface area contributed by atoms with Crippen LogP contribution in [0.4, 0.5) is 4.79 Å². The Balaban J connectivity index is 1.77. The second-order valence-corrected chi connectivity index (χ2v) is 5.87. The zero-order chi connectivity index (χ0) is 16.7. The van der Waals surface area contributed by atoms with Gasteiger partial charge in [0.2, 0.25) is 5.91 Å². The third-order valence-electron chi connectivity index (χ3n) is 4.39. The van der Waals surface area contributed by atoms with Gasteiger partial charge in [-0.15, -0.1) is 0 Å². The molecule has 0 saturated carbocycles. The molecule has 5 heteroatoms. The minimum absolute atomic E-state index is 0.103. The highest BCUT2D eigenvalue weighted by molar-refractivity contribution is 5.79. The molecule has 0 aliphatic carbocycles. The molecule has 1 heterocycles. The van der Waals surface area contributed by atoms with E-state index in [-0.39, 0.29) is 24.5 Å². The molecule has 1 fully saturated rings. The zero-order valence-corrected chi connectivity index (χ0v) is 14.0. The van der Waals surface area contributed by atoms with Gasteiger partial charge in [0.25, 0.3) is 0 Å². The lowest BCUT2D eigenvalue weighted by atomic mass is 10.0. The number of rotatable bonds is 5. The van der Waals surface area contributed by atoms with Crippen molar-refractivity contribution in [3.05, 3.63) is 35.9 Å². The molecule has 2 rings (SSSR count). The average molecular weight is 318 g/mol. The lowest BCUT2D eigenvalue weighted by Gasteiger charge is -2.35. The Morgan fingerprint density at radius 1 is 1.00 bits per heavy atom. The van der Waals surface area contributed by atoms with Crippen molar-refractivity contribution in [2.45, 2.75) is 33.3 Å². The minimum Gasteiger partial charge on any atom is -0.445 e. The summed E-state index contributed by atoms with van der Waals surface area (Å²) in [6, 6.07) is 9.64. The first-order valence-corrected chi connectivity index (χ1v) is 8.40. The third-order valence-corrected chi connectivity index (χ3v) is 4.39. The van der Waals surface area contributed by atoms with Crippen molar-refractivity contribution in [1.29, 1.82) is 0 Å². The fraction of sp³-hybridized carbons (Fsp3) is 0.556. The Morgan fingerprint density at radius 3 is 2.13 bits per heavy atom. The summed E-state index contributed by atoms with van der Waals surface area (Å²) in [5.74, 6) is 0.318. The summed E-state index contributed by atoms with van der Waals surface area (Å²) in [6.07, 6.45) is 1.44. The van der Waals surface area contributed by atoms with E-state index in [9.17, 15) is 9.59 Å². The maximum Gasteiger partial charge on any atom is 0.410 e. The Labute approximate surface area is 138 Å². The number of piperazine rings is 1. The summed E-state index contributed by atoms with van der Waals surface area (Å²) in [4.78, 5) is 28.0. The number of hydrogen-bond acceptors (Lipinski definition) is 3. The van der Waals surface area contributed by atoms with Gasteiger partial charge in [0, 0.05) is 32.1 Å². The Bertz CT molecular complexity index is 506. The predicted octanol–water partition coefficient (Wildman–Crippen LogP) is 2.90. The van der Waals surface area contributed by atoms with Crippen LogP contribution in [0.2, 0.25) is 0 Å². The summed E-state index contributed by atoms with van der Waals surface area (Å²) in [7, 11) is 0. The van der Waals surface area contributed by atoms with E-state index in [1.165, 1.54) is 0 Å². The van der Waals surface area contributed by atoms with Gasteiger partial charge in [0.15, 0.2) is 0 Å². The van der Waals surface area contributed by atoms with Crippen LogP contribution in [0.1, 0.15) is 32.3 Å². The lowest BCUT2D eigenvalue weighted by molar-refractivity contribution is -0.137. The van der Waals surface area contributed by atoms with Crippen molar-refractivity contribution < 1.29 is 14.3 Å². The van der Waals surface area contributed by atoms with Crippen LogP contribution >= 0.6 is 0 Å². The molecule has 5 nitrogen and oxygen atoms in total. The highest BCUT2D eigenvalue weighted by Gasteiger charge is 2.27. The molecule has 23 heavy (non-hydrogen) atoms. The third kappa shape index (κ3) is 4.71. The maximum absolute atomic E-state index is 12.3. The Kier molecular flexibility index (Phi) is 6.44. The maximum atomic E-state index is 12.3. The van der Waals surface area contributed by atoms with E-state index in [0.29, 0.717) is 26.2 Å². The monoisotopic (exact) mass is 318 g/mol. The molecule has 126 valence electrons. The summed E-state index contributed by atoms with van der Waals surface area (Å²) >= 11 is 0. The number of carbonyl (C=O) groups is 2. The van der Waals surface area contributed by atoms with E-state index in [1.807, 2.05) is 49.1 Å². The van der Waals surface area contributed by atoms with Gasteiger partial charge in [-0.05, 0) is 18.4 Å². The summed E-state index contributed by atoms with van der Waals surface area (Å²) in [6.45, 7) is 6.64. The quantitative estimate of drug-likeness (QED) is 0.839. The smallest absolute Gasteiger partial charge is 0.410 e. The van der Waals surface area contributed by atoms with Gasteiger partial charge in [-0.25, -0.2) is 4.79 Å². The van der Waals surface area contributed by atoms with Gasteiger partial charge in [-0.3, -0.25) is 4.79 Å². The van der Waals surface area contributed by atoms with Crippen LogP contribution in [0.15, 0.2) is 30.3 Å². The Morgan fingerprint density at radius 2 is 1.57 bits per heavy atom. The van der Waals surface area contributed by atoms with E-state index < -0.39 is 0 Å². The van der Waals surface area contributed by atoms with E-state index in [2.05, 4.69) is 0 Å². The molecular weight excluding hydrogens is 292 g/mol. The van der Waals surface area contributed by atoms with Crippen molar-refractivity contribution in [1.82, 2.24) is 9.80 Å². The van der Waals surface area contributed by atoms with Gasteiger partial charge in [0.1, 0.15) is 6.61 Å². The second-order valence-electron chi connectivity index (χ2n) is 5.87. The van der Waals surface area contributed by atoms with Crippen LogP contribution in [0.5, 0.6) is 0 Å². The summed E-state index contributed by atoms with van der Waals surface area (Å²) in [5.41, 5.74) is 0.975. The zero-order valence-electron chi connectivity index (χ0n) is 14.0. The van der Waals surface area contributed by atoms with E-state index in [0.717, 1.165) is 18.4 Å². The number of carbonyl (C=O) groups excluding carboxylic acids is 2. The first-order chi connectivity index (χ1) is 11.2. The van der Waals surface area contributed by atoms with Gasteiger partial charge in [-0.2, -0.15) is 0 Å². The summed E-state index contributed by atoms with van der Waals surface area (Å²) in [5, 5.41) is 0. The molecular formula is C18H26N2O3. The van der Waals surface area contributed by atoms with Crippen molar-refractivity contribution in [2.75, 3.05) is 26.2 Å². The van der Waals surface area contributed by atoms with Gasteiger partial charge < -0.3 is 14.5 Å². The molecule has 0 aromatic heterocycles. The number of benzene rings is 1. The van der Waals surface area contributed by atoms with Crippen LogP contribution in [0.25, 0.3) is 0 Å². The Hall–Kier alpha value is -2.04. The molecule has 0 unspecified atom stereocenters. The predicted molar refractivity (Wildman–Crippen MR) is 88.9 cm³/mol. The summed E-state index contributed by atoms with van der Waals surface area (Å²) < 4.78 is 5.34. The van der Waals surface area contributed by atoms with Crippen molar-refractivity contribution in [3.63, 3.8) is 0 Å². The van der Waals surface area contributed by atoms with Crippen LogP contribution < -0.4 is 0 Å². The van der Waals surface area contributed by atoms with E-state index in [4.69, 9.17) is 4.74 Å². The molecule has 0 bridgehead atoms. The topological polar surface area (TPSA) is 49.9 Å². The molecule has 0 N–H and O–H groups in total. The normalized spacial score (nSPS) is 14.9. The van der Waals surface area contributed by atoms with Crippen molar-refractivity contribution >= 4 is 12.0 Å². The molecule has 0 spiro atoms. The highest BCUT2D eigenvalue weighted by Crippen LogP contribution is 2.14. The number of ether oxygens (including phenoxy) is 1. The molecule has 0 radical (unpaired) electrons. The molecule has 1 aromatic carbocycles. The largest absolute Gasteiger partial charge is 0.445 e. The minimum atomic E-state index is -0.302. The number of nitrogens with zero attached hydrogens (tertiary/aromatic N) is 2. The van der Waals surface area contributed by atoms with Gasteiger partial charge in [0.05, 0.1) is 0 Å².